The molecule has 0 unspecified atom stereocenters. The highest BCUT2D eigenvalue weighted by Gasteiger charge is 2.21. The SMILES string of the molecule is O=S(=O)(Cc1ccc(Cl)cc1Cl)c1ccc(F)cc1F. The molecule has 0 aliphatic rings. The monoisotopic (exact) mass is 336 g/mol. The standard InChI is InChI=1S/C13H8Cl2F2O2S/c14-9-2-1-8(11(15)5-9)7-20(18,19)13-4-3-10(16)6-12(13)17/h1-6H,7H2. The molecule has 2 rings (SSSR count). The van der Waals surface area contributed by atoms with Gasteiger partial charge in [0.2, 0.25) is 0 Å². The van der Waals surface area contributed by atoms with Gasteiger partial charge in [-0.2, -0.15) is 0 Å². The molecule has 0 saturated carbocycles. The van der Waals surface area contributed by atoms with Gasteiger partial charge in [-0.25, -0.2) is 17.2 Å². The van der Waals surface area contributed by atoms with Crippen molar-refractivity contribution in [2.24, 2.45) is 0 Å². The molecule has 0 spiro atoms. The fourth-order valence-corrected chi connectivity index (χ4v) is 3.65. The van der Waals surface area contributed by atoms with E-state index in [9.17, 15) is 17.2 Å². The summed E-state index contributed by atoms with van der Waals surface area (Å²) in [5, 5.41) is 0.535. The van der Waals surface area contributed by atoms with Crippen LogP contribution < -0.4 is 0 Å². The molecular weight excluding hydrogens is 329 g/mol. The molecule has 0 amide bonds. The number of benzene rings is 2. The Labute approximate surface area is 124 Å². The Morgan fingerprint density at radius 3 is 2.30 bits per heavy atom. The van der Waals surface area contributed by atoms with Crippen LogP contribution in [0.2, 0.25) is 10.0 Å². The summed E-state index contributed by atoms with van der Waals surface area (Å²) in [5.74, 6) is -2.47. The van der Waals surface area contributed by atoms with Gasteiger partial charge in [-0.15, -0.1) is 0 Å². The summed E-state index contributed by atoms with van der Waals surface area (Å²) in [7, 11) is -3.97. The van der Waals surface area contributed by atoms with Crippen LogP contribution in [0.15, 0.2) is 41.3 Å². The quantitative estimate of drug-likeness (QED) is 0.785. The van der Waals surface area contributed by atoms with Gasteiger partial charge < -0.3 is 0 Å². The van der Waals surface area contributed by atoms with Crippen LogP contribution in [0.3, 0.4) is 0 Å². The van der Waals surface area contributed by atoms with Crippen molar-refractivity contribution >= 4 is 33.0 Å². The van der Waals surface area contributed by atoms with Gasteiger partial charge in [-0.3, -0.25) is 0 Å². The summed E-state index contributed by atoms with van der Waals surface area (Å²) in [6.07, 6.45) is 0. The molecule has 0 radical (unpaired) electrons. The first-order valence-electron chi connectivity index (χ1n) is 5.41. The van der Waals surface area contributed by atoms with Crippen LogP contribution in [0.5, 0.6) is 0 Å². The van der Waals surface area contributed by atoms with E-state index < -0.39 is 32.1 Å². The van der Waals surface area contributed by atoms with E-state index in [1.807, 2.05) is 0 Å². The molecule has 2 aromatic carbocycles. The zero-order chi connectivity index (χ0) is 14.9. The Hall–Kier alpha value is -1.17. The van der Waals surface area contributed by atoms with Crippen LogP contribution in [0, 0.1) is 11.6 Å². The van der Waals surface area contributed by atoms with Gasteiger partial charge >= 0.3 is 0 Å². The van der Waals surface area contributed by atoms with E-state index in [4.69, 9.17) is 23.2 Å². The van der Waals surface area contributed by atoms with Crippen molar-refractivity contribution < 1.29 is 17.2 Å². The van der Waals surface area contributed by atoms with Crippen LogP contribution in [0.25, 0.3) is 0 Å². The number of sulfone groups is 1. The average Bonchev–Trinajstić information content (AvgIpc) is 2.32. The number of hydrogen-bond acceptors (Lipinski definition) is 2. The second-order valence-electron chi connectivity index (χ2n) is 4.07. The minimum absolute atomic E-state index is 0.170. The molecule has 0 aromatic heterocycles. The predicted octanol–water partition coefficient (Wildman–Crippen LogP) is 4.25. The third-order valence-electron chi connectivity index (χ3n) is 2.59. The molecule has 0 N–H and O–H groups in total. The Bertz CT molecular complexity index is 761. The average molecular weight is 337 g/mol. The summed E-state index contributed by atoms with van der Waals surface area (Å²) in [6, 6.07) is 6.64. The summed E-state index contributed by atoms with van der Waals surface area (Å²) in [5.41, 5.74) is 0.291. The van der Waals surface area contributed by atoms with E-state index in [-0.39, 0.29) is 5.02 Å². The Morgan fingerprint density at radius 2 is 1.70 bits per heavy atom. The van der Waals surface area contributed by atoms with Gasteiger partial charge in [0, 0.05) is 16.1 Å². The topological polar surface area (TPSA) is 34.1 Å². The first-order chi connectivity index (χ1) is 9.29. The summed E-state index contributed by atoms with van der Waals surface area (Å²) < 4.78 is 50.6. The Balaban J connectivity index is 2.41. The first kappa shape index (κ1) is 15.2. The number of halogens is 4. The highest BCUT2D eigenvalue weighted by Crippen LogP contribution is 2.26. The minimum atomic E-state index is -3.97. The molecule has 7 heteroatoms. The normalized spacial score (nSPS) is 11.6. The second-order valence-corrected chi connectivity index (χ2v) is 6.87. The molecular formula is C13H8Cl2F2O2S. The fraction of sp³-hybridized carbons (Fsp3) is 0.0769. The molecule has 20 heavy (non-hydrogen) atoms. The third kappa shape index (κ3) is 3.29. The van der Waals surface area contributed by atoms with Crippen LogP contribution in [-0.4, -0.2) is 8.42 Å². The van der Waals surface area contributed by atoms with Crippen molar-refractivity contribution in [1.82, 2.24) is 0 Å². The van der Waals surface area contributed by atoms with Gasteiger partial charge in [0.25, 0.3) is 0 Å². The number of rotatable bonds is 3. The maximum atomic E-state index is 13.5. The minimum Gasteiger partial charge on any atom is -0.223 e. The molecule has 2 aromatic rings. The van der Waals surface area contributed by atoms with Gasteiger partial charge in [-0.05, 0) is 29.8 Å². The van der Waals surface area contributed by atoms with E-state index in [1.54, 1.807) is 0 Å². The Morgan fingerprint density at radius 1 is 1.00 bits per heavy atom. The van der Waals surface area contributed by atoms with Gasteiger partial charge in [0.05, 0.1) is 5.75 Å². The first-order valence-corrected chi connectivity index (χ1v) is 7.82. The van der Waals surface area contributed by atoms with Crippen LogP contribution in [-0.2, 0) is 15.6 Å². The molecule has 0 saturated heterocycles. The molecule has 0 aliphatic carbocycles. The van der Waals surface area contributed by atoms with E-state index >= 15 is 0 Å². The maximum absolute atomic E-state index is 13.5. The van der Waals surface area contributed by atoms with E-state index in [0.29, 0.717) is 16.7 Å². The van der Waals surface area contributed by atoms with Crippen molar-refractivity contribution in [3.8, 4) is 0 Å². The lowest BCUT2D eigenvalue weighted by Crippen LogP contribution is -2.08. The van der Waals surface area contributed by atoms with Crippen LogP contribution in [0.4, 0.5) is 8.78 Å². The molecule has 0 bridgehead atoms. The molecule has 0 fully saturated rings. The summed E-state index contributed by atoms with van der Waals surface area (Å²) in [4.78, 5) is -0.565. The highest BCUT2D eigenvalue weighted by atomic mass is 35.5. The lowest BCUT2D eigenvalue weighted by molar-refractivity contribution is 0.549. The highest BCUT2D eigenvalue weighted by molar-refractivity contribution is 7.90. The molecule has 0 aliphatic heterocycles. The summed E-state index contributed by atoms with van der Waals surface area (Å²) in [6.45, 7) is 0. The third-order valence-corrected chi connectivity index (χ3v) is 4.87. The largest absolute Gasteiger partial charge is 0.223 e. The Kier molecular flexibility index (Phi) is 4.32. The van der Waals surface area contributed by atoms with Crippen molar-refractivity contribution in [2.75, 3.05) is 0 Å². The van der Waals surface area contributed by atoms with Crippen molar-refractivity contribution in [3.63, 3.8) is 0 Å². The van der Waals surface area contributed by atoms with E-state index in [0.717, 1.165) is 12.1 Å². The number of hydrogen-bond donors (Lipinski definition) is 0. The summed E-state index contributed by atoms with van der Waals surface area (Å²) >= 11 is 11.6. The zero-order valence-corrected chi connectivity index (χ0v) is 12.2. The predicted molar refractivity (Wildman–Crippen MR) is 73.7 cm³/mol. The second kappa shape index (κ2) is 5.68. The fourth-order valence-electron chi connectivity index (χ4n) is 1.65. The smallest absolute Gasteiger partial charge is 0.185 e. The van der Waals surface area contributed by atoms with Crippen molar-refractivity contribution in [2.45, 2.75) is 10.6 Å². The lowest BCUT2D eigenvalue weighted by Gasteiger charge is -2.08. The van der Waals surface area contributed by atoms with Crippen molar-refractivity contribution in [3.05, 3.63) is 63.6 Å². The molecule has 106 valence electrons. The lowest BCUT2D eigenvalue weighted by atomic mass is 10.2. The molecule has 0 heterocycles. The van der Waals surface area contributed by atoms with E-state index in [1.165, 1.54) is 18.2 Å². The van der Waals surface area contributed by atoms with E-state index in [2.05, 4.69) is 0 Å². The molecule has 2 nitrogen and oxygen atoms in total. The van der Waals surface area contributed by atoms with Gasteiger partial charge in [-0.1, -0.05) is 29.3 Å². The zero-order valence-electron chi connectivity index (χ0n) is 9.91. The van der Waals surface area contributed by atoms with Gasteiger partial charge in [0.1, 0.15) is 16.5 Å². The van der Waals surface area contributed by atoms with Gasteiger partial charge in [0.15, 0.2) is 9.84 Å². The molecule has 0 atom stereocenters. The maximum Gasteiger partial charge on any atom is 0.185 e. The van der Waals surface area contributed by atoms with Crippen LogP contribution in [0.1, 0.15) is 5.56 Å². The van der Waals surface area contributed by atoms with Crippen LogP contribution >= 0.6 is 23.2 Å². The van der Waals surface area contributed by atoms with Crippen molar-refractivity contribution in [1.29, 1.82) is 0 Å².